The van der Waals surface area contributed by atoms with E-state index in [1.54, 1.807) is 25.1 Å². The van der Waals surface area contributed by atoms with Crippen LogP contribution in [0.25, 0.3) is 0 Å². The Hall–Kier alpha value is -1.15. The number of aliphatic hydroxyl groups excluding tert-OH is 1. The second-order valence-electron chi connectivity index (χ2n) is 4.71. The Morgan fingerprint density at radius 1 is 1.45 bits per heavy atom. The SMILES string of the molecule is COc1ccccc1S(=O)(=O)N1CC(CO)OCC1C. The summed E-state index contributed by atoms with van der Waals surface area (Å²) < 4.78 is 37.3. The minimum atomic E-state index is -3.68. The monoisotopic (exact) mass is 301 g/mol. The van der Waals surface area contributed by atoms with Crippen molar-refractivity contribution in [3.63, 3.8) is 0 Å². The summed E-state index contributed by atoms with van der Waals surface area (Å²) in [6.07, 6.45) is -0.490. The zero-order chi connectivity index (χ0) is 14.8. The maximum atomic E-state index is 12.7. The number of sulfonamides is 1. The number of methoxy groups -OCH3 is 1. The van der Waals surface area contributed by atoms with E-state index in [2.05, 4.69) is 0 Å². The van der Waals surface area contributed by atoms with Crippen LogP contribution >= 0.6 is 0 Å². The second kappa shape index (κ2) is 6.09. The normalized spacial score (nSPS) is 24.6. The van der Waals surface area contributed by atoms with Crippen molar-refractivity contribution in [1.29, 1.82) is 0 Å². The highest BCUT2D eigenvalue weighted by molar-refractivity contribution is 7.89. The molecule has 1 heterocycles. The summed E-state index contributed by atoms with van der Waals surface area (Å²) in [5, 5.41) is 9.16. The number of aliphatic hydroxyl groups is 1. The Morgan fingerprint density at radius 3 is 2.80 bits per heavy atom. The fourth-order valence-electron chi connectivity index (χ4n) is 2.20. The molecule has 2 atom stereocenters. The molecular weight excluding hydrogens is 282 g/mol. The van der Waals surface area contributed by atoms with Gasteiger partial charge in [0.25, 0.3) is 0 Å². The Bertz CT molecular complexity index is 560. The van der Waals surface area contributed by atoms with Crippen molar-refractivity contribution in [2.24, 2.45) is 0 Å². The smallest absolute Gasteiger partial charge is 0.247 e. The predicted molar refractivity (Wildman–Crippen MR) is 73.2 cm³/mol. The number of hydrogen-bond donors (Lipinski definition) is 1. The van der Waals surface area contributed by atoms with Crippen molar-refractivity contribution >= 4 is 10.0 Å². The zero-order valence-electron chi connectivity index (χ0n) is 11.5. The first-order chi connectivity index (χ1) is 9.50. The number of hydrogen-bond acceptors (Lipinski definition) is 5. The van der Waals surface area contributed by atoms with Gasteiger partial charge < -0.3 is 14.6 Å². The van der Waals surface area contributed by atoms with Crippen LogP contribution in [-0.4, -0.2) is 56.8 Å². The summed E-state index contributed by atoms with van der Waals surface area (Å²) in [6.45, 7) is 1.98. The van der Waals surface area contributed by atoms with Gasteiger partial charge in [0, 0.05) is 12.6 Å². The van der Waals surface area contributed by atoms with Gasteiger partial charge in [-0.1, -0.05) is 12.1 Å². The standard InChI is InChI=1S/C13H19NO5S/c1-10-9-19-11(8-15)7-14(10)20(16,17)13-6-4-3-5-12(13)18-2/h3-6,10-11,15H,7-9H2,1-2H3. The van der Waals surface area contributed by atoms with Gasteiger partial charge in [-0.2, -0.15) is 4.31 Å². The van der Waals surface area contributed by atoms with E-state index < -0.39 is 16.1 Å². The van der Waals surface area contributed by atoms with E-state index in [4.69, 9.17) is 14.6 Å². The molecule has 7 heteroatoms. The van der Waals surface area contributed by atoms with Crippen molar-refractivity contribution < 1.29 is 23.0 Å². The Kier molecular flexibility index (Phi) is 4.64. The molecule has 0 saturated carbocycles. The first-order valence-corrected chi connectivity index (χ1v) is 7.82. The van der Waals surface area contributed by atoms with Crippen LogP contribution in [0.1, 0.15) is 6.92 Å². The fourth-order valence-corrected chi connectivity index (χ4v) is 4.00. The summed E-state index contributed by atoms with van der Waals surface area (Å²) >= 11 is 0. The summed E-state index contributed by atoms with van der Waals surface area (Å²) in [7, 11) is -2.24. The van der Waals surface area contributed by atoms with Gasteiger partial charge in [-0.25, -0.2) is 8.42 Å². The van der Waals surface area contributed by atoms with Crippen molar-refractivity contribution in [2.45, 2.75) is 24.0 Å². The average Bonchev–Trinajstić information content (AvgIpc) is 2.47. The minimum Gasteiger partial charge on any atom is -0.495 e. The van der Waals surface area contributed by atoms with Crippen LogP contribution in [0.2, 0.25) is 0 Å². The molecule has 0 bridgehead atoms. The molecule has 1 aliphatic rings. The van der Waals surface area contributed by atoms with E-state index in [9.17, 15) is 8.42 Å². The van der Waals surface area contributed by atoms with E-state index in [0.717, 1.165) is 0 Å². The topological polar surface area (TPSA) is 76.1 Å². The van der Waals surface area contributed by atoms with Crippen LogP contribution in [0, 0.1) is 0 Å². The molecule has 1 fully saturated rings. The maximum Gasteiger partial charge on any atom is 0.247 e. The van der Waals surface area contributed by atoms with Gasteiger partial charge in [-0.3, -0.25) is 0 Å². The largest absolute Gasteiger partial charge is 0.495 e. The molecule has 0 radical (unpaired) electrons. The molecular formula is C13H19NO5S. The molecule has 112 valence electrons. The third-order valence-electron chi connectivity index (χ3n) is 3.31. The number of para-hydroxylation sites is 1. The first-order valence-electron chi connectivity index (χ1n) is 6.38. The van der Waals surface area contributed by atoms with Gasteiger partial charge in [-0.05, 0) is 19.1 Å². The summed E-state index contributed by atoms with van der Waals surface area (Å²) in [6, 6.07) is 6.22. The molecule has 6 nitrogen and oxygen atoms in total. The van der Waals surface area contributed by atoms with Crippen molar-refractivity contribution in [1.82, 2.24) is 4.31 Å². The number of rotatable bonds is 4. The van der Waals surface area contributed by atoms with Gasteiger partial charge in [0.2, 0.25) is 10.0 Å². The maximum absolute atomic E-state index is 12.7. The van der Waals surface area contributed by atoms with Crippen LogP contribution in [0.15, 0.2) is 29.2 Å². The number of ether oxygens (including phenoxy) is 2. The lowest BCUT2D eigenvalue weighted by Crippen LogP contribution is -2.51. The zero-order valence-corrected chi connectivity index (χ0v) is 12.3. The third kappa shape index (κ3) is 2.80. The lowest BCUT2D eigenvalue weighted by atomic mass is 10.2. The molecule has 2 unspecified atom stereocenters. The van der Waals surface area contributed by atoms with Crippen molar-refractivity contribution in [3.05, 3.63) is 24.3 Å². The summed E-state index contributed by atoms with van der Waals surface area (Å²) in [5.41, 5.74) is 0. The van der Waals surface area contributed by atoms with Gasteiger partial charge >= 0.3 is 0 Å². The highest BCUT2D eigenvalue weighted by Gasteiger charge is 2.36. The third-order valence-corrected chi connectivity index (χ3v) is 5.33. The van der Waals surface area contributed by atoms with Gasteiger partial charge in [0.05, 0.1) is 26.4 Å². The second-order valence-corrected chi connectivity index (χ2v) is 6.57. The van der Waals surface area contributed by atoms with Gasteiger partial charge in [0.15, 0.2) is 0 Å². The summed E-state index contributed by atoms with van der Waals surface area (Å²) in [4.78, 5) is 0.132. The Labute approximate surface area is 119 Å². The lowest BCUT2D eigenvalue weighted by Gasteiger charge is -2.36. The van der Waals surface area contributed by atoms with Crippen LogP contribution in [-0.2, 0) is 14.8 Å². The molecule has 20 heavy (non-hydrogen) atoms. The molecule has 1 N–H and O–H groups in total. The first kappa shape index (κ1) is 15.2. The highest BCUT2D eigenvalue weighted by atomic mass is 32.2. The van der Waals surface area contributed by atoms with Gasteiger partial charge in [0.1, 0.15) is 10.6 Å². The molecule has 2 rings (SSSR count). The van der Waals surface area contributed by atoms with Gasteiger partial charge in [-0.15, -0.1) is 0 Å². The van der Waals surface area contributed by atoms with Crippen LogP contribution in [0.4, 0.5) is 0 Å². The number of benzene rings is 1. The van der Waals surface area contributed by atoms with E-state index in [-0.39, 0.29) is 30.7 Å². The Morgan fingerprint density at radius 2 is 2.15 bits per heavy atom. The Balaban J connectivity index is 2.38. The van der Waals surface area contributed by atoms with Crippen LogP contribution in [0.5, 0.6) is 5.75 Å². The predicted octanol–water partition coefficient (Wildman–Crippen LogP) is 0.466. The fraction of sp³-hybridized carbons (Fsp3) is 0.538. The highest BCUT2D eigenvalue weighted by Crippen LogP contribution is 2.29. The van der Waals surface area contributed by atoms with E-state index in [0.29, 0.717) is 5.75 Å². The molecule has 1 aromatic rings. The molecule has 1 aliphatic heterocycles. The lowest BCUT2D eigenvalue weighted by molar-refractivity contribution is -0.0516. The molecule has 1 saturated heterocycles. The number of morpholine rings is 1. The van der Waals surface area contributed by atoms with Crippen molar-refractivity contribution in [2.75, 3.05) is 26.9 Å². The minimum absolute atomic E-state index is 0.132. The molecule has 0 aliphatic carbocycles. The molecule has 1 aromatic carbocycles. The summed E-state index contributed by atoms with van der Waals surface area (Å²) in [5.74, 6) is 0.312. The van der Waals surface area contributed by atoms with Crippen LogP contribution < -0.4 is 4.74 Å². The molecule has 0 aromatic heterocycles. The van der Waals surface area contributed by atoms with E-state index >= 15 is 0 Å². The average molecular weight is 301 g/mol. The number of nitrogens with zero attached hydrogens (tertiary/aromatic N) is 1. The molecule has 0 spiro atoms. The van der Waals surface area contributed by atoms with E-state index in [1.165, 1.54) is 17.5 Å². The molecule has 0 amide bonds. The van der Waals surface area contributed by atoms with Crippen LogP contribution in [0.3, 0.4) is 0 Å². The quantitative estimate of drug-likeness (QED) is 0.874. The van der Waals surface area contributed by atoms with E-state index in [1.807, 2.05) is 0 Å². The van der Waals surface area contributed by atoms with Crippen molar-refractivity contribution in [3.8, 4) is 5.75 Å².